The van der Waals surface area contributed by atoms with Crippen molar-refractivity contribution < 1.29 is 14.3 Å². The van der Waals surface area contributed by atoms with Gasteiger partial charge in [0.25, 0.3) is 5.91 Å². The Morgan fingerprint density at radius 2 is 2.00 bits per heavy atom. The zero-order chi connectivity index (χ0) is 16.0. The number of carbonyl (C=O) groups excluding carboxylic acids is 2. The number of halogens is 1. The first kappa shape index (κ1) is 20.8. The van der Waals surface area contributed by atoms with E-state index in [2.05, 4.69) is 10.3 Å². The van der Waals surface area contributed by atoms with Crippen LogP contribution in [0.2, 0.25) is 0 Å². The first-order valence-corrected chi connectivity index (χ1v) is 7.87. The van der Waals surface area contributed by atoms with E-state index in [1.165, 1.54) is 11.3 Å². The summed E-state index contributed by atoms with van der Waals surface area (Å²) in [6.45, 7) is 7.82. The number of nitrogens with two attached hydrogens (primary N) is 1. The van der Waals surface area contributed by atoms with Crippen LogP contribution in [-0.2, 0) is 16.1 Å². The molecule has 0 aliphatic heterocycles. The third kappa shape index (κ3) is 6.72. The van der Waals surface area contributed by atoms with Crippen molar-refractivity contribution in [3.05, 3.63) is 16.1 Å². The SMILES string of the molecule is CC(C)C[C@H](NC(=O)c1csc(CN)n1)C(=O)OC(C)C.Cl. The molecule has 1 heterocycles. The van der Waals surface area contributed by atoms with E-state index < -0.39 is 12.0 Å². The summed E-state index contributed by atoms with van der Waals surface area (Å²) in [6, 6.07) is -0.664. The van der Waals surface area contributed by atoms with Crippen molar-refractivity contribution in [1.29, 1.82) is 0 Å². The molecular weight excluding hydrogens is 326 g/mol. The number of aromatic nitrogens is 1. The molecule has 0 saturated carbocycles. The predicted molar refractivity (Wildman–Crippen MR) is 89.2 cm³/mol. The van der Waals surface area contributed by atoms with Gasteiger partial charge in [-0.15, -0.1) is 23.7 Å². The summed E-state index contributed by atoms with van der Waals surface area (Å²) in [5.41, 5.74) is 5.76. The van der Waals surface area contributed by atoms with Gasteiger partial charge in [-0.05, 0) is 26.2 Å². The first-order valence-electron chi connectivity index (χ1n) is 6.99. The largest absolute Gasteiger partial charge is 0.461 e. The highest BCUT2D eigenvalue weighted by Crippen LogP contribution is 2.11. The van der Waals surface area contributed by atoms with E-state index in [4.69, 9.17) is 10.5 Å². The van der Waals surface area contributed by atoms with Gasteiger partial charge < -0.3 is 15.8 Å². The van der Waals surface area contributed by atoms with Crippen LogP contribution in [0.3, 0.4) is 0 Å². The number of amides is 1. The van der Waals surface area contributed by atoms with E-state index >= 15 is 0 Å². The molecule has 126 valence electrons. The zero-order valence-electron chi connectivity index (χ0n) is 13.3. The fraction of sp³-hybridized carbons (Fsp3) is 0.643. The molecule has 1 amide bonds. The van der Waals surface area contributed by atoms with Crippen LogP contribution in [-0.4, -0.2) is 29.0 Å². The van der Waals surface area contributed by atoms with Crippen molar-refractivity contribution in [3.63, 3.8) is 0 Å². The highest BCUT2D eigenvalue weighted by atomic mass is 35.5. The maximum atomic E-state index is 12.1. The molecule has 8 heteroatoms. The maximum Gasteiger partial charge on any atom is 0.328 e. The molecule has 0 aliphatic rings. The number of thiazole rings is 1. The number of ether oxygens (including phenoxy) is 1. The Hall–Kier alpha value is -1.18. The molecule has 0 saturated heterocycles. The van der Waals surface area contributed by atoms with Crippen LogP contribution < -0.4 is 11.1 Å². The Bertz CT molecular complexity index is 491. The van der Waals surface area contributed by atoms with E-state index in [1.807, 2.05) is 13.8 Å². The summed E-state index contributed by atoms with van der Waals surface area (Å²) >= 11 is 1.32. The molecule has 1 atom stereocenters. The number of carbonyl (C=O) groups is 2. The summed E-state index contributed by atoms with van der Waals surface area (Å²) in [6.07, 6.45) is 0.303. The average molecular weight is 350 g/mol. The Labute approximate surface area is 141 Å². The summed E-state index contributed by atoms with van der Waals surface area (Å²) < 4.78 is 5.18. The van der Waals surface area contributed by atoms with E-state index in [0.717, 1.165) is 0 Å². The molecule has 1 aromatic heterocycles. The van der Waals surface area contributed by atoms with E-state index in [1.54, 1.807) is 19.2 Å². The molecule has 6 nitrogen and oxygen atoms in total. The normalized spacial score (nSPS) is 12.0. The monoisotopic (exact) mass is 349 g/mol. The number of nitrogens with zero attached hydrogens (tertiary/aromatic N) is 1. The predicted octanol–water partition coefficient (Wildman–Crippen LogP) is 2.12. The van der Waals surface area contributed by atoms with Crippen molar-refractivity contribution in [2.75, 3.05) is 0 Å². The molecule has 0 unspecified atom stereocenters. The van der Waals surface area contributed by atoms with Gasteiger partial charge in [-0.25, -0.2) is 9.78 Å². The van der Waals surface area contributed by atoms with Gasteiger partial charge in [0.05, 0.1) is 6.10 Å². The van der Waals surface area contributed by atoms with E-state index in [0.29, 0.717) is 18.0 Å². The zero-order valence-corrected chi connectivity index (χ0v) is 14.9. The van der Waals surface area contributed by atoms with Crippen molar-refractivity contribution >= 4 is 35.6 Å². The second-order valence-corrected chi connectivity index (χ2v) is 6.41. The molecule has 0 aliphatic carbocycles. The Morgan fingerprint density at radius 1 is 1.36 bits per heavy atom. The summed E-state index contributed by atoms with van der Waals surface area (Å²) in [5.74, 6) is -0.538. The number of esters is 1. The number of hydrogen-bond acceptors (Lipinski definition) is 6. The second kappa shape index (κ2) is 9.76. The molecule has 0 aromatic carbocycles. The van der Waals surface area contributed by atoms with Crippen molar-refractivity contribution in [3.8, 4) is 0 Å². The fourth-order valence-electron chi connectivity index (χ4n) is 1.74. The number of hydrogen-bond donors (Lipinski definition) is 2. The third-order valence-corrected chi connectivity index (χ3v) is 3.48. The molecule has 0 fully saturated rings. The van der Waals surface area contributed by atoms with Crippen LogP contribution in [0.15, 0.2) is 5.38 Å². The minimum atomic E-state index is -0.664. The lowest BCUT2D eigenvalue weighted by Crippen LogP contribution is -2.43. The van der Waals surface area contributed by atoms with Crippen LogP contribution in [0.5, 0.6) is 0 Å². The molecule has 0 spiro atoms. The molecule has 3 N–H and O–H groups in total. The van der Waals surface area contributed by atoms with Gasteiger partial charge in [-0.1, -0.05) is 13.8 Å². The lowest BCUT2D eigenvalue weighted by atomic mass is 10.0. The van der Waals surface area contributed by atoms with Gasteiger partial charge in [-0.2, -0.15) is 0 Å². The molecule has 0 radical (unpaired) electrons. The topological polar surface area (TPSA) is 94.3 Å². The molecule has 22 heavy (non-hydrogen) atoms. The minimum Gasteiger partial charge on any atom is -0.461 e. The van der Waals surface area contributed by atoms with Crippen molar-refractivity contribution in [2.24, 2.45) is 11.7 Å². The van der Waals surface area contributed by atoms with Gasteiger partial charge in [0.1, 0.15) is 16.7 Å². The van der Waals surface area contributed by atoms with Crippen LogP contribution in [0.25, 0.3) is 0 Å². The second-order valence-electron chi connectivity index (χ2n) is 5.47. The summed E-state index contributed by atoms with van der Waals surface area (Å²) in [7, 11) is 0. The van der Waals surface area contributed by atoms with E-state index in [-0.39, 0.29) is 36.0 Å². The molecular formula is C14H24ClN3O3S. The smallest absolute Gasteiger partial charge is 0.328 e. The van der Waals surface area contributed by atoms with Crippen molar-refractivity contribution in [1.82, 2.24) is 10.3 Å². The molecule has 1 aromatic rings. The highest BCUT2D eigenvalue weighted by Gasteiger charge is 2.25. The average Bonchev–Trinajstić information content (AvgIpc) is 2.85. The van der Waals surface area contributed by atoms with Crippen LogP contribution in [0, 0.1) is 5.92 Å². The minimum absolute atomic E-state index is 0. The van der Waals surface area contributed by atoms with E-state index in [9.17, 15) is 9.59 Å². The lowest BCUT2D eigenvalue weighted by Gasteiger charge is -2.20. The quantitative estimate of drug-likeness (QED) is 0.735. The number of nitrogens with one attached hydrogen (secondary N) is 1. The van der Waals surface area contributed by atoms with Gasteiger partial charge in [0.2, 0.25) is 0 Å². The maximum absolute atomic E-state index is 12.1. The third-order valence-electron chi connectivity index (χ3n) is 2.61. The lowest BCUT2D eigenvalue weighted by molar-refractivity contribution is -0.150. The summed E-state index contributed by atoms with van der Waals surface area (Å²) in [4.78, 5) is 28.3. The van der Waals surface area contributed by atoms with Crippen LogP contribution in [0.4, 0.5) is 0 Å². The molecule has 0 bridgehead atoms. The van der Waals surface area contributed by atoms with Gasteiger partial charge in [-0.3, -0.25) is 4.79 Å². The first-order chi connectivity index (χ1) is 9.83. The summed E-state index contributed by atoms with van der Waals surface area (Å²) in [5, 5.41) is 5.02. The van der Waals surface area contributed by atoms with Crippen molar-refractivity contribution in [2.45, 2.75) is 52.8 Å². The van der Waals surface area contributed by atoms with Gasteiger partial charge in [0, 0.05) is 11.9 Å². The molecule has 1 rings (SSSR count). The van der Waals surface area contributed by atoms with Gasteiger partial charge >= 0.3 is 5.97 Å². The Kier molecular flexibility index (Phi) is 9.24. The van der Waals surface area contributed by atoms with Crippen LogP contribution in [0.1, 0.15) is 49.6 Å². The Balaban J connectivity index is 0.00000441. The number of rotatable bonds is 7. The highest BCUT2D eigenvalue weighted by molar-refractivity contribution is 7.09. The Morgan fingerprint density at radius 3 is 2.45 bits per heavy atom. The van der Waals surface area contributed by atoms with Crippen LogP contribution >= 0.6 is 23.7 Å². The fourth-order valence-corrected chi connectivity index (χ4v) is 2.40. The van der Waals surface area contributed by atoms with Gasteiger partial charge in [0.15, 0.2) is 0 Å². The standard InChI is InChI=1S/C14H23N3O3S.ClH/c1-8(2)5-10(14(19)20-9(3)4)17-13(18)11-7-21-12(6-15)16-11;/h7-10H,5-6,15H2,1-4H3,(H,17,18);1H/t10-;/m0./s1.